The highest BCUT2D eigenvalue weighted by molar-refractivity contribution is 7.89. The minimum Gasteiger partial charge on any atom is -0.397 e. The molecule has 0 atom stereocenters. The highest BCUT2D eigenvalue weighted by Gasteiger charge is 2.27. The number of nitrogens with two attached hydrogens (primary N) is 2. The van der Waals surface area contributed by atoms with Gasteiger partial charge in [-0.15, -0.1) is 0 Å². The summed E-state index contributed by atoms with van der Waals surface area (Å²) >= 11 is 0. The van der Waals surface area contributed by atoms with Crippen LogP contribution in [-0.2, 0) is 14.8 Å². The molecular formula is C10H14F3N3O3S. The predicted octanol–water partition coefficient (Wildman–Crippen LogP) is 0.907. The Bertz CT molecular complexity index is 561. The molecule has 0 radical (unpaired) electrons. The Morgan fingerprint density at radius 2 is 1.95 bits per heavy atom. The summed E-state index contributed by atoms with van der Waals surface area (Å²) in [5.41, 5.74) is 6.10. The minimum absolute atomic E-state index is 0.0361. The van der Waals surface area contributed by atoms with Crippen LogP contribution in [-0.4, -0.2) is 34.4 Å². The Morgan fingerprint density at radius 1 is 1.30 bits per heavy atom. The lowest BCUT2D eigenvalue weighted by molar-refractivity contribution is -0.172. The van der Waals surface area contributed by atoms with E-state index in [9.17, 15) is 21.6 Å². The van der Waals surface area contributed by atoms with Crippen molar-refractivity contribution in [3.05, 3.63) is 18.2 Å². The number of benzene rings is 1. The maximum atomic E-state index is 11.8. The van der Waals surface area contributed by atoms with Crippen molar-refractivity contribution in [1.29, 1.82) is 0 Å². The van der Waals surface area contributed by atoms with Crippen molar-refractivity contribution in [3.63, 3.8) is 0 Å². The molecule has 0 bridgehead atoms. The number of nitrogen functional groups attached to an aromatic ring is 1. The number of halogens is 3. The Kier molecular flexibility index (Phi) is 5.20. The zero-order chi connectivity index (χ0) is 15.4. The normalized spacial score (nSPS) is 12.4. The van der Waals surface area contributed by atoms with Crippen molar-refractivity contribution in [3.8, 4) is 0 Å². The third-order valence-corrected chi connectivity index (χ3v) is 3.09. The number of alkyl halides is 3. The summed E-state index contributed by atoms with van der Waals surface area (Å²) in [5.74, 6) is 0. The van der Waals surface area contributed by atoms with Crippen LogP contribution in [0.25, 0.3) is 0 Å². The van der Waals surface area contributed by atoms with Gasteiger partial charge in [0, 0.05) is 6.54 Å². The van der Waals surface area contributed by atoms with Crippen LogP contribution in [0.2, 0.25) is 0 Å². The van der Waals surface area contributed by atoms with Gasteiger partial charge in [0.15, 0.2) is 0 Å². The summed E-state index contributed by atoms with van der Waals surface area (Å²) in [6, 6.07) is 3.77. The second-order valence-electron chi connectivity index (χ2n) is 3.89. The lowest BCUT2D eigenvalue weighted by Gasteiger charge is -2.11. The predicted molar refractivity (Wildman–Crippen MR) is 67.6 cm³/mol. The van der Waals surface area contributed by atoms with Gasteiger partial charge in [0.2, 0.25) is 10.0 Å². The topological polar surface area (TPSA) is 107 Å². The lowest BCUT2D eigenvalue weighted by atomic mass is 10.2. The summed E-state index contributed by atoms with van der Waals surface area (Å²) < 4.78 is 62.1. The van der Waals surface area contributed by atoms with E-state index < -0.39 is 22.8 Å². The molecule has 0 aliphatic heterocycles. The number of hydrogen-bond donors (Lipinski definition) is 3. The van der Waals surface area contributed by atoms with Crippen LogP contribution in [0.1, 0.15) is 0 Å². The Balaban J connectivity index is 2.56. The van der Waals surface area contributed by atoms with E-state index in [2.05, 4.69) is 10.1 Å². The van der Waals surface area contributed by atoms with Gasteiger partial charge in [-0.1, -0.05) is 0 Å². The summed E-state index contributed by atoms with van der Waals surface area (Å²) in [6.45, 7) is -1.52. The molecule has 20 heavy (non-hydrogen) atoms. The zero-order valence-electron chi connectivity index (χ0n) is 10.3. The smallest absolute Gasteiger partial charge is 0.397 e. The molecule has 0 aliphatic rings. The first kappa shape index (κ1) is 16.5. The summed E-state index contributed by atoms with van der Waals surface area (Å²) in [4.78, 5) is -0.148. The Hall–Kier alpha value is -1.52. The highest BCUT2D eigenvalue weighted by atomic mass is 32.2. The van der Waals surface area contributed by atoms with E-state index >= 15 is 0 Å². The third kappa shape index (κ3) is 5.63. The van der Waals surface area contributed by atoms with Gasteiger partial charge < -0.3 is 15.8 Å². The van der Waals surface area contributed by atoms with E-state index in [1.54, 1.807) is 0 Å². The van der Waals surface area contributed by atoms with Crippen LogP contribution in [0, 0.1) is 0 Å². The molecule has 0 saturated carbocycles. The molecule has 0 unspecified atom stereocenters. The molecule has 1 aromatic carbocycles. The van der Waals surface area contributed by atoms with Crippen molar-refractivity contribution in [2.45, 2.75) is 11.1 Å². The fraction of sp³-hybridized carbons (Fsp3) is 0.400. The van der Waals surface area contributed by atoms with E-state index in [-0.39, 0.29) is 29.4 Å². The van der Waals surface area contributed by atoms with Gasteiger partial charge in [-0.3, -0.25) is 0 Å². The number of primary sulfonamides is 1. The molecule has 0 aliphatic carbocycles. The van der Waals surface area contributed by atoms with E-state index in [1.807, 2.05) is 0 Å². The van der Waals surface area contributed by atoms with Gasteiger partial charge in [-0.2, -0.15) is 13.2 Å². The first-order chi connectivity index (χ1) is 9.09. The number of hydrogen-bond acceptors (Lipinski definition) is 5. The maximum absolute atomic E-state index is 11.8. The van der Waals surface area contributed by atoms with Crippen molar-refractivity contribution < 1.29 is 26.3 Å². The highest BCUT2D eigenvalue weighted by Crippen LogP contribution is 2.22. The fourth-order valence-corrected chi connectivity index (χ4v) is 1.85. The molecule has 1 aromatic rings. The van der Waals surface area contributed by atoms with Gasteiger partial charge in [0.1, 0.15) is 6.61 Å². The maximum Gasteiger partial charge on any atom is 0.411 e. The van der Waals surface area contributed by atoms with E-state index in [1.165, 1.54) is 18.2 Å². The molecule has 114 valence electrons. The largest absolute Gasteiger partial charge is 0.411 e. The van der Waals surface area contributed by atoms with E-state index in [0.29, 0.717) is 0 Å². The summed E-state index contributed by atoms with van der Waals surface area (Å²) in [6.07, 6.45) is -4.38. The number of nitrogens with one attached hydrogen (secondary N) is 1. The Morgan fingerprint density at radius 3 is 2.50 bits per heavy atom. The lowest BCUT2D eigenvalue weighted by Crippen LogP contribution is -2.20. The van der Waals surface area contributed by atoms with E-state index in [0.717, 1.165) is 0 Å². The second-order valence-corrected chi connectivity index (χ2v) is 5.45. The van der Waals surface area contributed by atoms with Crippen molar-refractivity contribution in [2.75, 3.05) is 30.8 Å². The molecule has 0 spiro atoms. The molecule has 0 heterocycles. The van der Waals surface area contributed by atoms with Gasteiger partial charge in [-0.05, 0) is 18.2 Å². The molecule has 1 rings (SSSR count). The average Bonchev–Trinajstić information content (AvgIpc) is 2.28. The number of rotatable bonds is 6. The zero-order valence-corrected chi connectivity index (χ0v) is 11.1. The van der Waals surface area contributed by atoms with Crippen LogP contribution in [0.3, 0.4) is 0 Å². The van der Waals surface area contributed by atoms with E-state index in [4.69, 9.17) is 10.9 Å². The fourth-order valence-electron chi connectivity index (χ4n) is 1.31. The standard InChI is InChI=1S/C10H14F3N3O3S/c11-10(12,13)6-19-4-3-16-9-5-7(20(15,17)18)1-2-8(9)14/h1-2,5,16H,3-4,6,14H2,(H2,15,17,18). The molecule has 5 N–H and O–H groups in total. The van der Waals surface area contributed by atoms with Crippen molar-refractivity contribution >= 4 is 21.4 Å². The van der Waals surface area contributed by atoms with Crippen LogP contribution >= 0.6 is 0 Å². The van der Waals surface area contributed by atoms with Gasteiger partial charge in [0.25, 0.3) is 0 Å². The summed E-state index contributed by atoms with van der Waals surface area (Å²) in [5, 5.41) is 7.63. The van der Waals surface area contributed by atoms with Gasteiger partial charge in [-0.25, -0.2) is 13.6 Å². The molecule has 0 amide bonds. The quantitative estimate of drug-likeness (QED) is 0.534. The van der Waals surface area contributed by atoms with Gasteiger partial charge in [0.05, 0.1) is 22.9 Å². The second kappa shape index (κ2) is 6.29. The van der Waals surface area contributed by atoms with Crippen molar-refractivity contribution in [2.24, 2.45) is 5.14 Å². The molecule has 0 saturated heterocycles. The van der Waals surface area contributed by atoms with Crippen LogP contribution in [0.4, 0.5) is 24.5 Å². The van der Waals surface area contributed by atoms with Crippen LogP contribution in [0.15, 0.2) is 23.1 Å². The molecule has 0 aromatic heterocycles. The number of anilines is 2. The molecule has 0 fully saturated rings. The number of sulfonamides is 1. The van der Waals surface area contributed by atoms with Crippen LogP contribution < -0.4 is 16.2 Å². The first-order valence-electron chi connectivity index (χ1n) is 5.40. The number of ether oxygens (including phenoxy) is 1. The summed E-state index contributed by atoms with van der Waals surface area (Å²) in [7, 11) is -3.87. The third-order valence-electron chi connectivity index (χ3n) is 2.18. The first-order valence-corrected chi connectivity index (χ1v) is 6.95. The molecule has 6 nitrogen and oxygen atoms in total. The van der Waals surface area contributed by atoms with Crippen molar-refractivity contribution in [1.82, 2.24) is 0 Å². The minimum atomic E-state index is -4.38. The monoisotopic (exact) mass is 313 g/mol. The molecular weight excluding hydrogens is 299 g/mol. The molecule has 10 heteroatoms. The average molecular weight is 313 g/mol. The Labute approximate surface area is 113 Å². The van der Waals surface area contributed by atoms with Gasteiger partial charge >= 0.3 is 6.18 Å². The van der Waals surface area contributed by atoms with Crippen LogP contribution in [0.5, 0.6) is 0 Å². The SMILES string of the molecule is Nc1ccc(S(N)(=O)=O)cc1NCCOCC(F)(F)F.